The molecule has 1 aliphatic heterocycles. The number of allylic oxidation sites excluding steroid dienone is 1. The number of methoxy groups -OCH3 is 1. The fourth-order valence-electron chi connectivity index (χ4n) is 5.23. The van der Waals surface area contributed by atoms with Crippen molar-refractivity contribution in [2.75, 3.05) is 13.7 Å². The van der Waals surface area contributed by atoms with Gasteiger partial charge >= 0.3 is 5.97 Å². The number of hydrogen-bond acceptors (Lipinski definition) is 6. The first-order valence-electron chi connectivity index (χ1n) is 12.7. The summed E-state index contributed by atoms with van der Waals surface area (Å²) < 4.78 is 12.9. The van der Waals surface area contributed by atoms with Crippen LogP contribution in [0.2, 0.25) is 0 Å². The number of fused-ring (bicyclic) bond motifs is 3. The smallest absolute Gasteiger partial charge is 0.338 e. The van der Waals surface area contributed by atoms with Gasteiger partial charge in [-0.3, -0.25) is 9.36 Å². The second kappa shape index (κ2) is 10.0. The number of esters is 1. The van der Waals surface area contributed by atoms with Gasteiger partial charge in [0.15, 0.2) is 4.80 Å². The summed E-state index contributed by atoms with van der Waals surface area (Å²) in [5.41, 5.74) is 2.45. The van der Waals surface area contributed by atoms with Crippen LogP contribution in [-0.2, 0) is 9.53 Å². The van der Waals surface area contributed by atoms with E-state index in [1.54, 1.807) is 25.5 Å². The molecule has 0 radical (unpaired) electrons. The molecule has 6 rings (SSSR count). The molecule has 0 amide bonds. The predicted octanol–water partition coefficient (Wildman–Crippen LogP) is 5.11. The second-order valence-electron chi connectivity index (χ2n) is 9.31. The van der Waals surface area contributed by atoms with Gasteiger partial charge in [-0.15, -0.1) is 0 Å². The van der Waals surface area contributed by atoms with Crippen molar-refractivity contribution < 1.29 is 14.3 Å². The summed E-state index contributed by atoms with van der Waals surface area (Å²) >= 11 is 1.33. The van der Waals surface area contributed by atoms with Crippen LogP contribution in [-0.4, -0.2) is 24.3 Å². The Labute approximate surface area is 228 Å². The third-order valence-electron chi connectivity index (χ3n) is 7.04. The minimum Gasteiger partial charge on any atom is -0.497 e. The molecule has 0 saturated carbocycles. The van der Waals surface area contributed by atoms with Crippen LogP contribution in [0.1, 0.15) is 31.0 Å². The van der Waals surface area contributed by atoms with Crippen molar-refractivity contribution in [1.29, 1.82) is 0 Å². The highest BCUT2D eigenvalue weighted by molar-refractivity contribution is 7.07. The summed E-state index contributed by atoms with van der Waals surface area (Å²) in [6.45, 7) is 3.78. The largest absolute Gasteiger partial charge is 0.497 e. The van der Waals surface area contributed by atoms with Gasteiger partial charge in [0.25, 0.3) is 5.56 Å². The van der Waals surface area contributed by atoms with Crippen molar-refractivity contribution >= 4 is 44.9 Å². The topological polar surface area (TPSA) is 69.9 Å². The molecule has 0 aliphatic carbocycles. The zero-order valence-electron chi connectivity index (χ0n) is 21.8. The quantitative estimate of drug-likeness (QED) is 0.232. The van der Waals surface area contributed by atoms with Crippen LogP contribution in [0.5, 0.6) is 5.75 Å². The van der Waals surface area contributed by atoms with Crippen molar-refractivity contribution in [2.45, 2.75) is 19.9 Å². The van der Waals surface area contributed by atoms with Crippen LogP contribution >= 0.6 is 11.3 Å². The molecule has 5 aromatic rings. The third kappa shape index (κ3) is 4.25. The lowest BCUT2D eigenvalue weighted by Crippen LogP contribution is -2.39. The zero-order valence-corrected chi connectivity index (χ0v) is 22.6. The van der Waals surface area contributed by atoms with Crippen molar-refractivity contribution in [1.82, 2.24) is 4.57 Å². The Morgan fingerprint density at radius 2 is 1.64 bits per heavy atom. The molecule has 2 heterocycles. The van der Waals surface area contributed by atoms with E-state index in [1.165, 1.54) is 11.3 Å². The van der Waals surface area contributed by atoms with Gasteiger partial charge in [0.05, 0.1) is 35.6 Å². The zero-order chi connectivity index (χ0) is 27.1. The van der Waals surface area contributed by atoms with Gasteiger partial charge in [-0.1, -0.05) is 72.0 Å². The lowest BCUT2D eigenvalue weighted by Gasteiger charge is -2.24. The number of hydrogen-bond donors (Lipinski definition) is 0. The maximum Gasteiger partial charge on any atom is 0.338 e. The van der Waals surface area contributed by atoms with Gasteiger partial charge < -0.3 is 9.47 Å². The van der Waals surface area contributed by atoms with E-state index in [0.717, 1.165) is 32.7 Å². The normalized spacial score (nSPS) is 15.4. The van der Waals surface area contributed by atoms with E-state index in [4.69, 9.17) is 14.5 Å². The number of benzene rings is 4. The van der Waals surface area contributed by atoms with E-state index < -0.39 is 12.0 Å². The Kier molecular flexibility index (Phi) is 6.37. The maximum absolute atomic E-state index is 14.1. The molecule has 0 fully saturated rings. The molecule has 7 heteroatoms. The predicted molar refractivity (Wildman–Crippen MR) is 155 cm³/mol. The molecule has 0 spiro atoms. The SMILES string of the molecule is CCOC(=O)C1=C(C)N=c2s/c(=C\c3c4ccccc4cc4ccccc34)c(=O)n2C1c1ccc(OC)cc1. The van der Waals surface area contributed by atoms with Crippen LogP contribution in [0, 0.1) is 0 Å². The molecule has 1 aliphatic rings. The number of aromatic nitrogens is 1. The molecule has 1 atom stereocenters. The molecule has 194 valence electrons. The molecule has 0 N–H and O–H groups in total. The van der Waals surface area contributed by atoms with E-state index in [-0.39, 0.29) is 12.2 Å². The van der Waals surface area contributed by atoms with Crippen molar-refractivity contribution in [2.24, 2.45) is 4.99 Å². The van der Waals surface area contributed by atoms with Crippen molar-refractivity contribution in [3.8, 4) is 5.75 Å². The number of nitrogens with zero attached hydrogens (tertiary/aromatic N) is 2. The van der Waals surface area contributed by atoms with Crippen LogP contribution in [0.25, 0.3) is 27.6 Å². The molecule has 0 saturated heterocycles. The first-order chi connectivity index (χ1) is 19.0. The molecule has 4 aromatic carbocycles. The Morgan fingerprint density at radius 3 is 2.26 bits per heavy atom. The summed E-state index contributed by atoms with van der Waals surface area (Å²) in [5.74, 6) is 0.210. The van der Waals surface area contributed by atoms with E-state index in [0.29, 0.717) is 26.4 Å². The van der Waals surface area contributed by atoms with Crippen LogP contribution in [0.3, 0.4) is 0 Å². The third-order valence-corrected chi connectivity index (χ3v) is 8.02. The number of thiazole rings is 1. The Bertz CT molecular complexity index is 1910. The Morgan fingerprint density at radius 1 is 1.00 bits per heavy atom. The summed E-state index contributed by atoms with van der Waals surface area (Å²) in [6.07, 6.45) is 1.96. The van der Waals surface area contributed by atoms with Gasteiger partial charge in [0.2, 0.25) is 0 Å². The number of rotatable bonds is 5. The fourth-order valence-corrected chi connectivity index (χ4v) is 6.26. The molecular formula is C32H26N2O4S. The maximum atomic E-state index is 14.1. The number of ether oxygens (including phenoxy) is 2. The van der Waals surface area contributed by atoms with Gasteiger partial charge in [-0.05, 0) is 70.8 Å². The Hall–Kier alpha value is -4.49. The highest BCUT2D eigenvalue weighted by Gasteiger charge is 2.33. The lowest BCUT2D eigenvalue weighted by atomic mass is 9.95. The van der Waals surface area contributed by atoms with Gasteiger partial charge in [-0.25, -0.2) is 9.79 Å². The molecule has 1 unspecified atom stereocenters. The second-order valence-corrected chi connectivity index (χ2v) is 10.3. The molecule has 0 bridgehead atoms. The summed E-state index contributed by atoms with van der Waals surface area (Å²) in [4.78, 5) is 32.5. The highest BCUT2D eigenvalue weighted by Crippen LogP contribution is 2.32. The number of carbonyl (C=O) groups is 1. The summed E-state index contributed by atoms with van der Waals surface area (Å²) in [5, 5.41) is 4.34. The first kappa shape index (κ1) is 24.8. The minimum absolute atomic E-state index is 0.203. The van der Waals surface area contributed by atoms with Crippen LogP contribution in [0.4, 0.5) is 0 Å². The molecule has 39 heavy (non-hydrogen) atoms. The number of carbonyl (C=O) groups excluding carboxylic acids is 1. The molecule has 1 aromatic heterocycles. The fraction of sp³-hybridized carbons (Fsp3) is 0.156. The van der Waals surface area contributed by atoms with Crippen LogP contribution in [0.15, 0.2) is 99.9 Å². The highest BCUT2D eigenvalue weighted by atomic mass is 32.1. The summed E-state index contributed by atoms with van der Waals surface area (Å²) in [7, 11) is 1.60. The average Bonchev–Trinajstić information content (AvgIpc) is 3.26. The molecular weight excluding hydrogens is 508 g/mol. The van der Waals surface area contributed by atoms with E-state index in [9.17, 15) is 9.59 Å². The van der Waals surface area contributed by atoms with E-state index in [2.05, 4.69) is 30.3 Å². The van der Waals surface area contributed by atoms with Gasteiger partial charge in [-0.2, -0.15) is 0 Å². The summed E-state index contributed by atoms with van der Waals surface area (Å²) in [6, 6.07) is 25.3. The van der Waals surface area contributed by atoms with Gasteiger partial charge in [0.1, 0.15) is 5.75 Å². The standard InChI is InChI=1S/C32H26N2O4S/c1-4-38-31(36)28-19(2)33-32-34(29(28)20-13-15-23(37-3)16-14-20)30(35)27(39-32)18-26-24-11-7-5-9-21(24)17-22-10-6-8-12-25(22)26/h5-18,29H,4H2,1-3H3/b27-18-. The Balaban J connectivity index is 1.63. The van der Waals surface area contributed by atoms with Crippen LogP contribution < -0.4 is 19.6 Å². The monoisotopic (exact) mass is 534 g/mol. The molecule has 6 nitrogen and oxygen atoms in total. The average molecular weight is 535 g/mol. The van der Waals surface area contributed by atoms with E-state index in [1.807, 2.05) is 54.6 Å². The van der Waals surface area contributed by atoms with Gasteiger partial charge in [0, 0.05) is 0 Å². The minimum atomic E-state index is -0.669. The lowest BCUT2D eigenvalue weighted by molar-refractivity contribution is -0.139. The van der Waals surface area contributed by atoms with Crippen molar-refractivity contribution in [3.63, 3.8) is 0 Å². The first-order valence-corrected chi connectivity index (χ1v) is 13.6. The van der Waals surface area contributed by atoms with E-state index >= 15 is 0 Å². The van der Waals surface area contributed by atoms with Crippen molar-refractivity contribution in [3.05, 3.63) is 121 Å².